The molecule has 7 nitrogen and oxygen atoms in total. The normalized spacial score (nSPS) is 35.8. The van der Waals surface area contributed by atoms with Gasteiger partial charge in [-0.05, 0) is 0 Å². The minimum atomic E-state index is 0.666. The standard InChI is InChI=1S/C18H38N2O5/c1-19-3-9-21-10-4-20(2,7-13-24-17-15-22-11-5-19)8-14-25-18-16-23-12-6-19/h3-18H2,1-2H3/q+2. The number of likely N-dealkylation sites (N-methyl/N-ethyl adjacent to an activating group) is 2. The molecule has 0 unspecified atom stereocenters. The second-order valence-corrected chi connectivity index (χ2v) is 7.64. The van der Waals surface area contributed by atoms with Gasteiger partial charge in [0.25, 0.3) is 0 Å². The molecule has 0 atom stereocenters. The molecule has 0 spiro atoms. The maximum atomic E-state index is 5.98. The molecule has 0 N–H and O–H groups in total. The molecule has 7 heteroatoms. The summed E-state index contributed by atoms with van der Waals surface area (Å²) in [4.78, 5) is 0. The Morgan fingerprint density at radius 1 is 0.360 bits per heavy atom. The third kappa shape index (κ3) is 8.77. The molecule has 0 radical (unpaired) electrons. The Morgan fingerprint density at radius 3 is 0.800 bits per heavy atom. The van der Waals surface area contributed by atoms with Crippen LogP contribution in [0, 0.1) is 0 Å². The van der Waals surface area contributed by atoms with E-state index in [2.05, 4.69) is 14.1 Å². The van der Waals surface area contributed by atoms with Crippen molar-refractivity contribution in [3.8, 4) is 0 Å². The zero-order chi connectivity index (χ0) is 17.8. The van der Waals surface area contributed by atoms with Crippen molar-refractivity contribution >= 4 is 0 Å². The highest BCUT2D eigenvalue weighted by atomic mass is 16.5. The molecule has 2 aliphatic heterocycles. The van der Waals surface area contributed by atoms with E-state index in [1.54, 1.807) is 0 Å². The maximum absolute atomic E-state index is 5.98. The van der Waals surface area contributed by atoms with Crippen LogP contribution >= 0.6 is 0 Å². The topological polar surface area (TPSA) is 46.2 Å². The summed E-state index contributed by atoms with van der Waals surface area (Å²) >= 11 is 0. The zero-order valence-electron chi connectivity index (χ0n) is 16.2. The van der Waals surface area contributed by atoms with Crippen molar-refractivity contribution in [1.29, 1.82) is 0 Å². The first-order chi connectivity index (χ1) is 12.1. The van der Waals surface area contributed by atoms with E-state index in [1.807, 2.05) is 0 Å². The Bertz CT molecular complexity index is 304. The fourth-order valence-corrected chi connectivity index (χ4v) is 3.13. The maximum Gasteiger partial charge on any atom is 0.102 e. The molecule has 0 saturated carbocycles. The average molecular weight is 363 g/mol. The van der Waals surface area contributed by atoms with Gasteiger partial charge >= 0.3 is 0 Å². The first kappa shape index (κ1) is 21.0. The third-order valence-corrected chi connectivity index (χ3v) is 5.40. The molecule has 0 aromatic heterocycles. The van der Waals surface area contributed by atoms with E-state index in [1.165, 1.54) is 0 Å². The molecule has 2 heterocycles. The van der Waals surface area contributed by atoms with Gasteiger partial charge in [-0.2, -0.15) is 0 Å². The van der Waals surface area contributed by atoms with E-state index < -0.39 is 0 Å². The van der Waals surface area contributed by atoms with Crippen LogP contribution in [-0.4, -0.2) is 128 Å². The highest BCUT2D eigenvalue weighted by molar-refractivity contribution is 4.47. The van der Waals surface area contributed by atoms with Gasteiger partial charge in [0.05, 0.1) is 80.2 Å². The van der Waals surface area contributed by atoms with Crippen molar-refractivity contribution in [2.24, 2.45) is 0 Å². The summed E-state index contributed by atoms with van der Waals surface area (Å²) in [7, 11) is 4.53. The molecular formula is C18H38N2O5+2. The summed E-state index contributed by atoms with van der Waals surface area (Å²) < 4.78 is 30.9. The third-order valence-electron chi connectivity index (χ3n) is 5.40. The lowest BCUT2D eigenvalue weighted by Crippen LogP contribution is -2.51. The van der Waals surface area contributed by atoms with Gasteiger partial charge in [0.1, 0.15) is 39.3 Å². The Balaban J connectivity index is 2.01. The predicted molar refractivity (Wildman–Crippen MR) is 95.7 cm³/mol. The highest BCUT2D eigenvalue weighted by Gasteiger charge is 2.24. The minimum absolute atomic E-state index is 0.666. The van der Waals surface area contributed by atoms with Crippen LogP contribution in [0.2, 0.25) is 0 Å². The Kier molecular flexibility index (Phi) is 9.62. The molecule has 2 saturated heterocycles. The summed E-state index contributed by atoms with van der Waals surface area (Å²) in [5, 5.41) is 0. The highest BCUT2D eigenvalue weighted by Crippen LogP contribution is 2.06. The first-order valence-corrected chi connectivity index (χ1v) is 9.68. The fraction of sp³-hybridized carbons (Fsp3) is 1.00. The number of ether oxygens (including phenoxy) is 5. The fourth-order valence-electron chi connectivity index (χ4n) is 3.13. The molecule has 0 aromatic carbocycles. The van der Waals surface area contributed by atoms with Gasteiger partial charge in [0.15, 0.2) is 0 Å². The minimum Gasteiger partial charge on any atom is -0.373 e. The summed E-state index contributed by atoms with van der Waals surface area (Å²) in [5.74, 6) is 0. The lowest BCUT2D eigenvalue weighted by atomic mass is 10.3. The Morgan fingerprint density at radius 2 is 0.560 bits per heavy atom. The van der Waals surface area contributed by atoms with E-state index in [0.717, 1.165) is 87.9 Å². The van der Waals surface area contributed by atoms with Crippen LogP contribution < -0.4 is 0 Å². The molecule has 148 valence electrons. The second kappa shape index (κ2) is 11.4. The largest absolute Gasteiger partial charge is 0.373 e. The average Bonchev–Trinajstić information content (AvgIpc) is 2.59. The summed E-state index contributed by atoms with van der Waals surface area (Å²) in [6, 6.07) is 0. The van der Waals surface area contributed by atoms with E-state index in [0.29, 0.717) is 26.4 Å². The molecule has 0 aliphatic carbocycles. The predicted octanol–water partition coefficient (Wildman–Crippen LogP) is -0.0102. The van der Waals surface area contributed by atoms with Crippen molar-refractivity contribution in [1.82, 2.24) is 0 Å². The summed E-state index contributed by atoms with van der Waals surface area (Å²) in [6.45, 7) is 13.1. The SMILES string of the molecule is C[N+]12CCOCCOCC[N+](C)(CCOCCOCC1)CCOCC2. The second-order valence-electron chi connectivity index (χ2n) is 7.64. The van der Waals surface area contributed by atoms with E-state index in [-0.39, 0.29) is 0 Å². The smallest absolute Gasteiger partial charge is 0.102 e. The molecule has 0 amide bonds. The van der Waals surface area contributed by atoms with Crippen LogP contribution in [-0.2, 0) is 23.7 Å². The van der Waals surface area contributed by atoms with Crippen LogP contribution in [0.5, 0.6) is 0 Å². The van der Waals surface area contributed by atoms with Gasteiger partial charge in [-0.15, -0.1) is 0 Å². The Labute approximate surface area is 152 Å². The van der Waals surface area contributed by atoms with Crippen molar-refractivity contribution in [3.63, 3.8) is 0 Å². The number of fused-ring (bicyclic) bond motifs is 6. The number of rotatable bonds is 0. The molecule has 0 aromatic rings. The van der Waals surface area contributed by atoms with E-state index in [9.17, 15) is 0 Å². The molecule has 2 rings (SSSR count). The van der Waals surface area contributed by atoms with Crippen LogP contribution in [0.3, 0.4) is 0 Å². The van der Waals surface area contributed by atoms with Crippen molar-refractivity contribution in [2.75, 3.05) is 119 Å². The molecule has 25 heavy (non-hydrogen) atoms. The van der Waals surface area contributed by atoms with Gasteiger partial charge in [-0.25, -0.2) is 0 Å². The Hall–Kier alpha value is -0.280. The van der Waals surface area contributed by atoms with E-state index >= 15 is 0 Å². The van der Waals surface area contributed by atoms with Crippen molar-refractivity contribution < 1.29 is 32.7 Å². The first-order valence-electron chi connectivity index (χ1n) is 9.68. The van der Waals surface area contributed by atoms with Gasteiger partial charge in [-0.1, -0.05) is 0 Å². The number of hydrogen-bond donors (Lipinski definition) is 0. The lowest BCUT2D eigenvalue weighted by Gasteiger charge is -2.35. The van der Waals surface area contributed by atoms with Crippen LogP contribution in [0.1, 0.15) is 0 Å². The van der Waals surface area contributed by atoms with Crippen molar-refractivity contribution in [2.45, 2.75) is 0 Å². The van der Waals surface area contributed by atoms with E-state index in [4.69, 9.17) is 23.7 Å². The number of hydrogen-bond acceptors (Lipinski definition) is 5. The lowest BCUT2D eigenvalue weighted by molar-refractivity contribution is -0.913. The molecule has 2 aliphatic rings. The number of quaternary nitrogens is 2. The van der Waals surface area contributed by atoms with Gasteiger partial charge < -0.3 is 32.7 Å². The van der Waals surface area contributed by atoms with Crippen LogP contribution in [0.4, 0.5) is 0 Å². The van der Waals surface area contributed by atoms with Crippen LogP contribution in [0.25, 0.3) is 0 Å². The molecular weight excluding hydrogens is 324 g/mol. The zero-order valence-corrected chi connectivity index (χ0v) is 16.2. The van der Waals surface area contributed by atoms with Gasteiger partial charge in [-0.3, -0.25) is 0 Å². The number of nitrogens with zero attached hydrogens (tertiary/aromatic N) is 2. The quantitative estimate of drug-likeness (QED) is 0.448. The summed E-state index contributed by atoms with van der Waals surface area (Å²) in [6.07, 6.45) is 0. The van der Waals surface area contributed by atoms with Crippen LogP contribution in [0.15, 0.2) is 0 Å². The van der Waals surface area contributed by atoms with Gasteiger partial charge in [0.2, 0.25) is 0 Å². The van der Waals surface area contributed by atoms with Gasteiger partial charge in [0, 0.05) is 0 Å². The molecule has 2 bridgehead atoms. The summed E-state index contributed by atoms with van der Waals surface area (Å²) in [5.41, 5.74) is 0. The van der Waals surface area contributed by atoms with Crippen molar-refractivity contribution in [3.05, 3.63) is 0 Å². The monoisotopic (exact) mass is 362 g/mol. The molecule has 2 fully saturated rings.